The van der Waals surface area contributed by atoms with Crippen molar-refractivity contribution in [1.82, 2.24) is 15.5 Å². The third-order valence-electron chi connectivity index (χ3n) is 3.95. The predicted octanol–water partition coefficient (Wildman–Crippen LogP) is 3.35. The minimum absolute atomic E-state index is 0.0239. The average molecular weight is 337 g/mol. The predicted molar refractivity (Wildman–Crippen MR) is 85.3 cm³/mol. The van der Waals surface area contributed by atoms with Gasteiger partial charge in [-0.05, 0) is 43.9 Å². The Kier molecular flexibility index (Phi) is 4.44. The maximum absolute atomic E-state index is 13.1. The Morgan fingerprint density at radius 2 is 2.14 bits per heavy atom. The Hall–Kier alpha value is -1.47. The molecule has 4 nitrogen and oxygen atoms in total. The van der Waals surface area contributed by atoms with Gasteiger partial charge in [0.25, 0.3) is 0 Å². The number of hydrogen-bond acceptors (Lipinski definition) is 5. The highest BCUT2D eigenvalue weighted by atomic mass is 32.2. The molecule has 0 aliphatic heterocycles. The van der Waals surface area contributed by atoms with E-state index in [2.05, 4.69) is 15.5 Å². The highest BCUT2D eigenvalue weighted by molar-refractivity contribution is 8.02. The summed E-state index contributed by atoms with van der Waals surface area (Å²) in [7, 11) is 0. The second-order valence-electron chi connectivity index (χ2n) is 5.40. The van der Waals surface area contributed by atoms with E-state index in [9.17, 15) is 9.18 Å². The van der Waals surface area contributed by atoms with E-state index in [1.165, 1.54) is 35.2 Å². The highest BCUT2D eigenvalue weighted by Gasteiger charge is 2.40. The van der Waals surface area contributed by atoms with E-state index in [1.807, 2.05) is 6.92 Å². The molecule has 0 saturated heterocycles. The lowest BCUT2D eigenvalue weighted by molar-refractivity contribution is -0.123. The lowest BCUT2D eigenvalue weighted by Gasteiger charge is -2.43. The van der Waals surface area contributed by atoms with Crippen LogP contribution in [0.25, 0.3) is 0 Å². The van der Waals surface area contributed by atoms with Gasteiger partial charge in [-0.2, -0.15) is 0 Å². The smallest absolute Gasteiger partial charge is 0.233 e. The van der Waals surface area contributed by atoms with Gasteiger partial charge in [0.2, 0.25) is 5.91 Å². The zero-order valence-electron chi connectivity index (χ0n) is 12.1. The van der Waals surface area contributed by atoms with Crippen LogP contribution in [0.5, 0.6) is 0 Å². The summed E-state index contributed by atoms with van der Waals surface area (Å²) in [5, 5.41) is 10.6. The first kappa shape index (κ1) is 15.4. The first-order valence-electron chi connectivity index (χ1n) is 7.10. The molecule has 0 bridgehead atoms. The van der Waals surface area contributed by atoms with Crippen molar-refractivity contribution in [2.75, 3.05) is 0 Å². The van der Waals surface area contributed by atoms with Gasteiger partial charge < -0.3 is 5.32 Å². The number of aromatic nitrogens is 2. The van der Waals surface area contributed by atoms with Crippen molar-refractivity contribution in [3.63, 3.8) is 0 Å². The SMILES string of the molecule is C[C@H](Sc1nncs1)C(=O)NC1(c2ccc(F)cc2)CCC1. The number of thioether (sulfide) groups is 1. The van der Waals surface area contributed by atoms with Crippen LogP contribution in [0.1, 0.15) is 31.7 Å². The van der Waals surface area contributed by atoms with Crippen LogP contribution in [0.3, 0.4) is 0 Å². The second kappa shape index (κ2) is 6.34. The molecule has 1 aromatic carbocycles. The third kappa shape index (κ3) is 3.15. The molecule has 3 rings (SSSR count). The Bertz CT molecular complexity index is 641. The van der Waals surface area contributed by atoms with Gasteiger partial charge in [-0.1, -0.05) is 35.2 Å². The molecule has 1 aliphatic carbocycles. The zero-order chi connectivity index (χ0) is 15.6. The molecule has 1 saturated carbocycles. The van der Waals surface area contributed by atoms with Crippen LogP contribution in [0.4, 0.5) is 4.39 Å². The van der Waals surface area contributed by atoms with Crippen LogP contribution < -0.4 is 5.32 Å². The molecule has 1 atom stereocenters. The number of benzene rings is 1. The molecule has 0 radical (unpaired) electrons. The Morgan fingerprint density at radius 3 is 2.68 bits per heavy atom. The van der Waals surface area contributed by atoms with Crippen LogP contribution in [-0.4, -0.2) is 21.4 Å². The van der Waals surface area contributed by atoms with Crippen LogP contribution in [0.2, 0.25) is 0 Å². The van der Waals surface area contributed by atoms with Crippen molar-refractivity contribution in [3.8, 4) is 0 Å². The third-order valence-corrected chi connectivity index (χ3v) is 5.86. The molecule has 7 heteroatoms. The quantitative estimate of drug-likeness (QED) is 0.850. The molecule has 22 heavy (non-hydrogen) atoms. The maximum Gasteiger partial charge on any atom is 0.233 e. The fourth-order valence-corrected chi connectivity index (χ4v) is 4.17. The van der Waals surface area contributed by atoms with E-state index in [1.54, 1.807) is 17.6 Å². The molecule has 1 fully saturated rings. The first-order chi connectivity index (χ1) is 10.6. The lowest BCUT2D eigenvalue weighted by atomic mass is 9.71. The second-order valence-corrected chi connectivity index (χ2v) is 7.82. The average Bonchev–Trinajstić information content (AvgIpc) is 2.96. The summed E-state index contributed by atoms with van der Waals surface area (Å²) < 4.78 is 13.9. The number of rotatable bonds is 5. The van der Waals surface area contributed by atoms with Crippen molar-refractivity contribution in [2.45, 2.75) is 41.3 Å². The van der Waals surface area contributed by atoms with E-state index in [4.69, 9.17) is 0 Å². The molecule has 1 amide bonds. The van der Waals surface area contributed by atoms with Gasteiger partial charge in [-0.25, -0.2) is 4.39 Å². The van der Waals surface area contributed by atoms with Gasteiger partial charge in [-0.15, -0.1) is 10.2 Å². The summed E-state index contributed by atoms with van der Waals surface area (Å²) in [5.41, 5.74) is 2.28. The van der Waals surface area contributed by atoms with E-state index in [0.717, 1.165) is 29.2 Å². The van der Waals surface area contributed by atoms with Gasteiger partial charge in [-0.3, -0.25) is 4.79 Å². The number of carbonyl (C=O) groups excluding carboxylic acids is 1. The summed E-state index contributed by atoms with van der Waals surface area (Å²) >= 11 is 2.83. The number of hydrogen-bond donors (Lipinski definition) is 1. The van der Waals surface area contributed by atoms with Crippen LogP contribution >= 0.6 is 23.1 Å². The molecule has 2 aromatic rings. The van der Waals surface area contributed by atoms with Crippen molar-refractivity contribution < 1.29 is 9.18 Å². The summed E-state index contributed by atoms with van der Waals surface area (Å²) in [6, 6.07) is 6.41. The van der Waals surface area contributed by atoms with Gasteiger partial charge in [0.15, 0.2) is 4.34 Å². The monoisotopic (exact) mass is 337 g/mol. The molecule has 116 valence electrons. The number of carbonyl (C=O) groups is 1. The minimum atomic E-state index is -0.346. The van der Waals surface area contributed by atoms with Gasteiger partial charge in [0.1, 0.15) is 11.3 Å². The summed E-state index contributed by atoms with van der Waals surface area (Å²) in [6.45, 7) is 1.86. The Labute approximate surface area is 136 Å². The fraction of sp³-hybridized carbons (Fsp3) is 0.400. The van der Waals surface area contributed by atoms with Crippen molar-refractivity contribution in [2.24, 2.45) is 0 Å². The standard InChI is InChI=1S/C15H16FN3OS2/c1-10(22-14-19-17-9-21-14)13(20)18-15(7-2-8-15)11-3-5-12(16)6-4-11/h3-6,9-10H,2,7-8H2,1H3,(H,18,20)/t10-/m0/s1. The summed E-state index contributed by atoms with van der Waals surface area (Å²) in [5.74, 6) is -0.283. The normalized spacial score (nSPS) is 17.5. The lowest BCUT2D eigenvalue weighted by Crippen LogP contribution is -2.52. The number of nitrogens with one attached hydrogen (secondary N) is 1. The van der Waals surface area contributed by atoms with Crippen molar-refractivity contribution in [1.29, 1.82) is 0 Å². The largest absolute Gasteiger partial charge is 0.346 e. The van der Waals surface area contributed by atoms with E-state index in [0.29, 0.717) is 0 Å². The van der Waals surface area contributed by atoms with E-state index < -0.39 is 0 Å². The minimum Gasteiger partial charge on any atom is -0.346 e. The van der Waals surface area contributed by atoms with Crippen LogP contribution in [0.15, 0.2) is 34.1 Å². The number of halogens is 1. The molecule has 1 aliphatic rings. The van der Waals surface area contributed by atoms with Crippen LogP contribution in [0, 0.1) is 5.82 Å². The molecular formula is C15H16FN3OS2. The Balaban J connectivity index is 1.69. The molecule has 0 unspecified atom stereocenters. The zero-order valence-corrected chi connectivity index (χ0v) is 13.7. The molecule has 0 spiro atoms. The van der Waals surface area contributed by atoms with Crippen molar-refractivity contribution >= 4 is 29.0 Å². The Morgan fingerprint density at radius 1 is 1.41 bits per heavy atom. The molecular weight excluding hydrogens is 321 g/mol. The number of amides is 1. The molecule has 1 heterocycles. The first-order valence-corrected chi connectivity index (χ1v) is 8.86. The van der Waals surface area contributed by atoms with E-state index >= 15 is 0 Å². The van der Waals surface area contributed by atoms with Gasteiger partial charge in [0.05, 0.1) is 10.8 Å². The molecule has 1 aromatic heterocycles. The fourth-order valence-electron chi connectivity index (χ4n) is 2.54. The summed E-state index contributed by atoms with van der Waals surface area (Å²) in [4.78, 5) is 12.5. The van der Waals surface area contributed by atoms with Gasteiger partial charge >= 0.3 is 0 Å². The number of nitrogens with zero attached hydrogens (tertiary/aromatic N) is 2. The van der Waals surface area contributed by atoms with Gasteiger partial charge in [0, 0.05) is 0 Å². The summed E-state index contributed by atoms with van der Waals surface area (Å²) in [6.07, 6.45) is 2.84. The van der Waals surface area contributed by atoms with Crippen molar-refractivity contribution in [3.05, 3.63) is 41.2 Å². The van der Waals surface area contributed by atoms with E-state index in [-0.39, 0.29) is 22.5 Å². The highest BCUT2D eigenvalue weighted by Crippen LogP contribution is 2.41. The molecule has 1 N–H and O–H groups in total. The maximum atomic E-state index is 13.1. The van der Waals surface area contributed by atoms with Crippen LogP contribution in [-0.2, 0) is 10.3 Å². The topological polar surface area (TPSA) is 54.9 Å².